The number of hydrogen-bond acceptors (Lipinski definition) is 5. The van der Waals surface area contributed by atoms with Gasteiger partial charge in [0.15, 0.2) is 0 Å². The quantitative estimate of drug-likeness (QED) is 0.563. The van der Waals surface area contributed by atoms with Crippen molar-refractivity contribution in [3.05, 3.63) is 59.7 Å². The zero-order valence-electron chi connectivity index (χ0n) is 19.7. The van der Waals surface area contributed by atoms with E-state index in [0.29, 0.717) is 24.4 Å². The van der Waals surface area contributed by atoms with E-state index < -0.39 is 10.0 Å². The largest absolute Gasteiger partial charge is 0.497 e. The molecule has 2 heterocycles. The fourth-order valence-corrected chi connectivity index (χ4v) is 5.98. The van der Waals surface area contributed by atoms with E-state index in [2.05, 4.69) is 26.7 Å². The molecule has 1 N–H and O–H groups in total. The van der Waals surface area contributed by atoms with Crippen molar-refractivity contribution in [1.82, 2.24) is 9.62 Å². The molecule has 1 atom stereocenters. The molecule has 0 spiro atoms. The molecule has 7 nitrogen and oxygen atoms in total. The van der Waals surface area contributed by atoms with Crippen LogP contribution in [0.15, 0.2) is 58.4 Å². The molecule has 1 saturated heterocycles. The standard InChI is InChI=1S/C26H33N3O4S/c1-33-21-16-14-20(15-17-21)23-11-4-3-9-19-29(23)25(30)13-5-2-8-18-27-26-22-10-6-7-12-24(22)34(31,32)28-26/h6-7,10,12,14-17,23H,2-5,8-9,11,13,18-19H2,1H3,(H,27,28). The van der Waals surface area contributed by atoms with Gasteiger partial charge >= 0.3 is 0 Å². The molecule has 2 aromatic carbocycles. The molecular weight excluding hydrogens is 450 g/mol. The van der Waals surface area contributed by atoms with Gasteiger partial charge in [0.05, 0.1) is 18.0 Å². The minimum atomic E-state index is -3.50. The van der Waals surface area contributed by atoms with E-state index >= 15 is 0 Å². The van der Waals surface area contributed by atoms with E-state index in [9.17, 15) is 13.2 Å². The third kappa shape index (κ3) is 5.60. The summed E-state index contributed by atoms with van der Waals surface area (Å²) in [7, 11) is -1.84. The number of benzene rings is 2. The van der Waals surface area contributed by atoms with Crippen molar-refractivity contribution in [3.8, 4) is 5.75 Å². The Morgan fingerprint density at radius 1 is 1.06 bits per heavy atom. The van der Waals surface area contributed by atoms with Gasteiger partial charge < -0.3 is 9.64 Å². The molecule has 34 heavy (non-hydrogen) atoms. The monoisotopic (exact) mass is 483 g/mol. The summed E-state index contributed by atoms with van der Waals surface area (Å²) in [5.41, 5.74) is 1.80. The summed E-state index contributed by atoms with van der Waals surface area (Å²) in [4.78, 5) is 19.9. The molecule has 1 fully saturated rings. The predicted molar refractivity (Wildman–Crippen MR) is 133 cm³/mol. The summed E-state index contributed by atoms with van der Waals surface area (Å²) in [6, 6.07) is 15.1. The molecule has 1 amide bonds. The third-order valence-corrected chi connectivity index (χ3v) is 7.95. The Bertz CT molecular complexity index is 1130. The highest BCUT2D eigenvalue weighted by atomic mass is 32.2. The summed E-state index contributed by atoms with van der Waals surface area (Å²) >= 11 is 0. The summed E-state index contributed by atoms with van der Waals surface area (Å²) in [6.07, 6.45) is 7.34. The third-order valence-electron chi connectivity index (χ3n) is 6.56. The lowest BCUT2D eigenvalue weighted by molar-refractivity contribution is -0.133. The van der Waals surface area contributed by atoms with Crippen LogP contribution >= 0.6 is 0 Å². The Labute approximate surface area is 202 Å². The highest BCUT2D eigenvalue weighted by Crippen LogP contribution is 2.32. The number of amides is 1. The Morgan fingerprint density at radius 3 is 2.65 bits per heavy atom. The first-order valence-electron chi connectivity index (χ1n) is 12.1. The van der Waals surface area contributed by atoms with Crippen LogP contribution in [0.3, 0.4) is 0 Å². The number of carbonyl (C=O) groups excluding carboxylic acids is 1. The molecule has 8 heteroatoms. The summed E-state index contributed by atoms with van der Waals surface area (Å²) in [6.45, 7) is 1.33. The van der Waals surface area contributed by atoms with E-state index in [1.165, 1.54) is 5.56 Å². The second kappa shape index (κ2) is 11.0. The van der Waals surface area contributed by atoms with Crippen molar-refractivity contribution >= 4 is 21.8 Å². The lowest BCUT2D eigenvalue weighted by Gasteiger charge is -2.31. The SMILES string of the molecule is COc1ccc(C2CCCCCN2C(=O)CCCCCN=C2NS(=O)(=O)c3ccccc32)cc1. The number of ether oxygens (including phenoxy) is 1. The van der Waals surface area contributed by atoms with Gasteiger partial charge in [-0.3, -0.25) is 14.5 Å². The van der Waals surface area contributed by atoms with Gasteiger partial charge in [0.25, 0.3) is 10.0 Å². The van der Waals surface area contributed by atoms with Crippen LogP contribution in [0.25, 0.3) is 0 Å². The number of sulfonamides is 1. The summed E-state index contributed by atoms with van der Waals surface area (Å²) < 4.78 is 32.2. The number of aliphatic imine (C=N–C) groups is 1. The molecule has 0 aromatic heterocycles. The molecule has 0 aliphatic carbocycles. The topological polar surface area (TPSA) is 88.1 Å². The normalized spacial score (nSPS) is 20.4. The molecule has 2 aliphatic heterocycles. The molecule has 2 aliphatic rings. The summed E-state index contributed by atoms with van der Waals surface area (Å²) in [5.74, 6) is 1.46. The van der Waals surface area contributed by atoms with Crippen molar-refractivity contribution in [2.24, 2.45) is 4.99 Å². The fourth-order valence-electron chi connectivity index (χ4n) is 4.73. The van der Waals surface area contributed by atoms with Gasteiger partial charge in [-0.25, -0.2) is 8.42 Å². The minimum Gasteiger partial charge on any atom is -0.497 e. The number of nitrogens with one attached hydrogen (secondary N) is 1. The maximum Gasteiger partial charge on any atom is 0.263 e. The number of unbranched alkanes of at least 4 members (excludes halogenated alkanes) is 2. The van der Waals surface area contributed by atoms with E-state index in [1.54, 1.807) is 25.3 Å². The Kier molecular flexibility index (Phi) is 7.88. The van der Waals surface area contributed by atoms with Crippen LogP contribution in [0.4, 0.5) is 0 Å². The van der Waals surface area contributed by atoms with Crippen LogP contribution in [0.5, 0.6) is 5.75 Å². The van der Waals surface area contributed by atoms with E-state index in [-0.39, 0.29) is 16.8 Å². The first-order chi connectivity index (χ1) is 16.5. The van der Waals surface area contributed by atoms with Gasteiger partial charge in [0.1, 0.15) is 11.6 Å². The second-order valence-electron chi connectivity index (χ2n) is 8.87. The Hall–Kier alpha value is -2.87. The molecule has 4 rings (SSSR count). The first kappa shape index (κ1) is 24.3. The second-order valence-corrected chi connectivity index (χ2v) is 10.5. The van der Waals surface area contributed by atoms with E-state index in [1.807, 2.05) is 18.2 Å². The van der Waals surface area contributed by atoms with Crippen LogP contribution in [-0.4, -0.2) is 45.3 Å². The maximum absolute atomic E-state index is 13.1. The highest BCUT2D eigenvalue weighted by molar-refractivity contribution is 7.90. The zero-order chi connectivity index (χ0) is 24.0. The van der Waals surface area contributed by atoms with Crippen LogP contribution in [0, 0.1) is 0 Å². The predicted octanol–water partition coefficient (Wildman–Crippen LogP) is 4.44. The van der Waals surface area contributed by atoms with Gasteiger partial charge in [0.2, 0.25) is 5.91 Å². The molecule has 1 unspecified atom stereocenters. The van der Waals surface area contributed by atoms with E-state index in [4.69, 9.17) is 4.74 Å². The number of likely N-dealkylation sites (tertiary alicyclic amines) is 1. The molecule has 2 aromatic rings. The van der Waals surface area contributed by atoms with Gasteiger partial charge in [-0.1, -0.05) is 43.5 Å². The first-order valence-corrected chi connectivity index (χ1v) is 13.6. The number of carbonyl (C=O) groups is 1. The lowest BCUT2D eigenvalue weighted by Crippen LogP contribution is -2.34. The number of nitrogens with zero attached hydrogens (tertiary/aromatic N) is 2. The number of hydrogen-bond donors (Lipinski definition) is 1. The van der Waals surface area contributed by atoms with Crippen LogP contribution in [-0.2, 0) is 14.8 Å². The number of rotatable bonds is 8. The summed E-state index contributed by atoms with van der Waals surface area (Å²) in [5, 5.41) is 0. The van der Waals surface area contributed by atoms with Crippen molar-refractivity contribution < 1.29 is 17.9 Å². The van der Waals surface area contributed by atoms with Gasteiger partial charge in [0, 0.05) is 25.1 Å². The molecular formula is C26H33N3O4S. The van der Waals surface area contributed by atoms with Gasteiger partial charge in [-0.2, -0.15) is 0 Å². The molecule has 0 radical (unpaired) electrons. The molecule has 0 saturated carbocycles. The van der Waals surface area contributed by atoms with Crippen LogP contribution < -0.4 is 9.46 Å². The fraction of sp³-hybridized carbons (Fsp3) is 0.462. The van der Waals surface area contributed by atoms with E-state index in [0.717, 1.165) is 57.2 Å². The van der Waals surface area contributed by atoms with Gasteiger partial charge in [-0.05, 0) is 55.5 Å². The average Bonchev–Trinajstić information content (AvgIpc) is 2.99. The smallest absolute Gasteiger partial charge is 0.263 e. The number of fused-ring (bicyclic) bond motifs is 1. The lowest BCUT2D eigenvalue weighted by atomic mass is 10.00. The Morgan fingerprint density at radius 2 is 1.85 bits per heavy atom. The number of methoxy groups -OCH3 is 1. The average molecular weight is 484 g/mol. The maximum atomic E-state index is 13.1. The molecule has 0 bridgehead atoms. The zero-order valence-corrected chi connectivity index (χ0v) is 20.5. The van der Waals surface area contributed by atoms with Crippen LogP contribution in [0.2, 0.25) is 0 Å². The van der Waals surface area contributed by atoms with Crippen molar-refractivity contribution in [2.45, 2.75) is 62.3 Å². The van der Waals surface area contributed by atoms with Gasteiger partial charge in [-0.15, -0.1) is 0 Å². The minimum absolute atomic E-state index is 0.128. The molecule has 182 valence electrons. The Balaban J connectivity index is 1.28. The number of amidine groups is 1. The van der Waals surface area contributed by atoms with Crippen molar-refractivity contribution in [3.63, 3.8) is 0 Å². The van der Waals surface area contributed by atoms with Crippen molar-refractivity contribution in [2.75, 3.05) is 20.2 Å². The highest BCUT2D eigenvalue weighted by Gasteiger charge is 2.30. The van der Waals surface area contributed by atoms with Crippen molar-refractivity contribution in [1.29, 1.82) is 0 Å². The van der Waals surface area contributed by atoms with Crippen LogP contribution in [0.1, 0.15) is 68.5 Å².